The third-order valence-electron chi connectivity index (χ3n) is 3.62. The van der Waals surface area contributed by atoms with E-state index in [4.69, 9.17) is 0 Å². The van der Waals surface area contributed by atoms with E-state index in [-0.39, 0.29) is 30.2 Å². The molecule has 6 heteroatoms. The topological polar surface area (TPSA) is 62.6 Å². The number of halogens is 1. The maximum Gasteiger partial charge on any atom is 0.279 e. The highest BCUT2D eigenvalue weighted by Gasteiger charge is 2.29. The molecular weight excluding hydrogens is 273 g/mol. The normalized spacial score (nSPS) is 16.9. The number of anilines is 1. The number of benzene rings is 1. The third-order valence-corrected chi connectivity index (χ3v) is 3.62. The highest BCUT2D eigenvalue weighted by atomic mass is 19.1. The van der Waals surface area contributed by atoms with Gasteiger partial charge in [-0.1, -0.05) is 0 Å². The van der Waals surface area contributed by atoms with E-state index in [9.17, 15) is 14.0 Å². The summed E-state index contributed by atoms with van der Waals surface area (Å²) in [6.45, 7) is 1.98. The Kier molecular flexibility index (Phi) is 4.90. The van der Waals surface area contributed by atoms with Crippen LogP contribution in [0.5, 0.6) is 0 Å². The Balaban J connectivity index is 1.80. The predicted molar refractivity (Wildman–Crippen MR) is 77.4 cm³/mol. The van der Waals surface area contributed by atoms with Crippen LogP contribution in [0.25, 0.3) is 0 Å². The molecule has 0 aliphatic heterocycles. The summed E-state index contributed by atoms with van der Waals surface area (Å²) >= 11 is 0. The molecule has 5 nitrogen and oxygen atoms in total. The number of hydrogen-bond acceptors (Lipinski definition) is 2. The van der Waals surface area contributed by atoms with Gasteiger partial charge in [0.05, 0.1) is 7.05 Å². The van der Waals surface area contributed by atoms with Gasteiger partial charge in [-0.2, -0.15) is 0 Å². The van der Waals surface area contributed by atoms with Crippen LogP contribution in [0.4, 0.5) is 10.1 Å². The SMILES string of the molecule is C[C@H](C(=O)NC1CC1)[NH+](C)CC(=O)Nc1ccc(F)cc1. The molecule has 1 aromatic carbocycles. The smallest absolute Gasteiger partial charge is 0.279 e. The second kappa shape index (κ2) is 6.67. The monoisotopic (exact) mass is 294 g/mol. The fraction of sp³-hybridized carbons (Fsp3) is 0.467. The van der Waals surface area contributed by atoms with Crippen LogP contribution in [0.15, 0.2) is 24.3 Å². The lowest BCUT2D eigenvalue weighted by atomic mass is 10.2. The first-order chi connectivity index (χ1) is 9.95. The van der Waals surface area contributed by atoms with Crippen molar-refractivity contribution >= 4 is 17.5 Å². The van der Waals surface area contributed by atoms with Crippen molar-refractivity contribution in [3.8, 4) is 0 Å². The van der Waals surface area contributed by atoms with Gasteiger partial charge in [-0.25, -0.2) is 4.39 Å². The first kappa shape index (κ1) is 15.4. The molecule has 2 rings (SSSR count). The third kappa shape index (κ3) is 4.82. The zero-order valence-electron chi connectivity index (χ0n) is 12.3. The molecule has 0 radical (unpaired) electrons. The number of carbonyl (C=O) groups is 2. The molecule has 114 valence electrons. The Morgan fingerprint density at radius 1 is 1.33 bits per heavy atom. The Labute approximate surface area is 123 Å². The van der Waals surface area contributed by atoms with E-state index in [2.05, 4.69) is 10.6 Å². The molecule has 1 aliphatic rings. The molecule has 21 heavy (non-hydrogen) atoms. The average molecular weight is 294 g/mol. The maximum atomic E-state index is 12.8. The molecular formula is C15H21FN3O2+. The van der Waals surface area contributed by atoms with Gasteiger partial charge < -0.3 is 15.5 Å². The number of hydrogen-bond donors (Lipinski definition) is 3. The molecule has 0 heterocycles. The number of nitrogens with one attached hydrogen (secondary N) is 3. The standard InChI is InChI=1S/C15H20FN3O2/c1-10(15(21)18-13-7-8-13)19(2)9-14(20)17-12-5-3-11(16)4-6-12/h3-6,10,13H,7-9H2,1-2H3,(H,17,20)(H,18,21)/p+1/t10-/m1/s1. The number of likely N-dealkylation sites (N-methyl/N-ethyl adjacent to an activating group) is 1. The van der Waals surface area contributed by atoms with Crippen molar-refractivity contribution in [1.82, 2.24) is 5.32 Å². The van der Waals surface area contributed by atoms with Crippen LogP contribution in [0.2, 0.25) is 0 Å². The van der Waals surface area contributed by atoms with Crippen molar-refractivity contribution in [2.45, 2.75) is 31.8 Å². The molecule has 2 amide bonds. The highest BCUT2D eigenvalue weighted by Crippen LogP contribution is 2.18. The van der Waals surface area contributed by atoms with Crippen LogP contribution in [0, 0.1) is 5.82 Å². The first-order valence-electron chi connectivity index (χ1n) is 7.14. The molecule has 1 aromatic rings. The lowest BCUT2D eigenvalue weighted by Crippen LogP contribution is -3.15. The largest absolute Gasteiger partial charge is 0.348 e. The quantitative estimate of drug-likeness (QED) is 0.689. The maximum absolute atomic E-state index is 12.8. The predicted octanol–water partition coefficient (Wildman–Crippen LogP) is -0.0540. The summed E-state index contributed by atoms with van der Waals surface area (Å²) in [5, 5.41) is 5.62. The summed E-state index contributed by atoms with van der Waals surface area (Å²) < 4.78 is 12.8. The second-order valence-electron chi connectivity index (χ2n) is 5.58. The lowest BCUT2D eigenvalue weighted by Gasteiger charge is -2.20. The second-order valence-corrected chi connectivity index (χ2v) is 5.58. The van der Waals surface area contributed by atoms with Crippen LogP contribution in [0.3, 0.4) is 0 Å². The van der Waals surface area contributed by atoms with Crippen molar-refractivity contribution in [2.24, 2.45) is 0 Å². The van der Waals surface area contributed by atoms with Crippen LogP contribution in [-0.2, 0) is 9.59 Å². The minimum Gasteiger partial charge on any atom is -0.348 e. The molecule has 2 atom stereocenters. The molecule has 0 bridgehead atoms. The first-order valence-corrected chi connectivity index (χ1v) is 7.14. The van der Waals surface area contributed by atoms with Gasteiger partial charge in [0.15, 0.2) is 12.6 Å². The Bertz CT molecular complexity index is 514. The number of quaternary nitrogens is 1. The molecule has 1 aliphatic carbocycles. The molecule has 1 fully saturated rings. The molecule has 1 unspecified atom stereocenters. The van der Waals surface area contributed by atoms with Gasteiger partial charge in [0, 0.05) is 11.7 Å². The van der Waals surface area contributed by atoms with Crippen molar-refractivity contribution < 1.29 is 18.9 Å². The summed E-state index contributed by atoms with van der Waals surface area (Å²) in [4.78, 5) is 24.6. The molecule has 3 N–H and O–H groups in total. The van der Waals surface area contributed by atoms with Crippen LogP contribution in [-0.4, -0.2) is 37.5 Å². The highest BCUT2D eigenvalue weighted by molar-refractivity contribution is 5.91. The van der Waals surface area contributed by atoms with E-state index in [0.29, 0.717) is 11.7 Å². The van der Waals surface area contributed by atoms with Crippen molar-refractivity contribution in [3.05, 3.63) is 30.1 Å². The van der Waals surface area contributed by atoms with E-state index in [1.165, 1.54) is 24.3 Å². The summed E-state index contributed by atoms with van der Waals surface area (Å²) in [6, 6.07) is 5.62. The van der Waals surface area contributed by atoms with E-state index >= 15 is 0 Å². The van der Waals surface area contributed by atoms with E-state index < -0.39 is 0 Å². The molecule has 1 saturated carbocycles. The molecule has 0 saturated heterocycles. The van der Waals surface area contributed by atoms with Gasteiger partial charge in [0.1, 0.15) is 5.82 Å². The number of carbonyl (C=O) groups excluding carboxylic acids is 2. The molecule has 0 aromatic heterocycles. The lowest BCUT2D eigenvalue weighted by molar-refractivity contribution is -0.885. The zero-order valence-corrected chi connectivity index (χ0v) is 12.3. The summed E-state index contributed by atoms with van der Waals surface area (Å²) in [5.74, 6) is -0.573. The van der Waals surface area contributed by atoms with Gasteiger partial charge >= 0.3 is 0 Å². The van der Waals surface area contributed by atoms with Gasteiger partial charge in [-0.05, 0) is 44.0 Å². The van der Waals surface area contributed by atoms with E-state index in [0.717, 1.165) is 17.7 Å². The Morgan fingerprint density at radius 2 is 1.95 bits per heavy atom. The fourth-order valence-corrected chi connectivity index (χ4v) is 1.92. The van der Waals surface area contributed by atoms with E-state index in [1.54, 1.807) is 14.0 Å². The van der Waals surface area contributed by atoms with Gasteiger partial charge in [0.2, 0.25) is 0 Å². The minimum atomic E-state index is -0.346. The zero-order chi connectivity index (χ0) is 15.4. The van der Waals surface area contributed by atoms with E-state index in [1.807, 2.05) is 0 Å². The Morgan fingerprint density at radius 3 is 2.52 bits per heavy atom. The number of rotatable bonds is 6. The van der Waals surface area contributed by atoms with Gasteiger partial charge in [0.25, 0.3) is 11.8 Å². The van der Waals surface area contributed by atoms with Crippen LogP contribution in [0.1, 0.15) is 19.8 Å². The van der Waals surface area contributed by atoms with Crippen molar-refractivity contribution in [3.63, 3.8) is 0 Å². The average Bonchev–Trinajstić information content (AvgIpc) is 3.24. The number of amides is 2. The van der Waals surface area contributed by atoms with Gasteiger partial charge in [-0.3, -0.25) is 9.59 Å². The molecule has 0 spiro atoms. The van der Waals surface area contributed by atoms with Gasteiger partial charge in [-0.15, -0.1) is 0 Å². The van der Waals surface area contributed by atoms with Crippen LogP contribution >= 0.6 is 0 Å². The summed E-state index contributed by atoms with van der Waals surface area (Å²) in [6.07, 6.45) is 2.09. The van der Waals surface area contributed by atoms with Crippen molar-refractivity contribution in [2.75, 3.05) is 18.9 Å². The fourth-order valence-electron chi connectivity index (χ4n) is 1.92. The minimum absolute atomic E-state index is 0.0235. The van der Waals surface area contributed by atoms with Crippen LogP contribution < -0.4 is 15.5 Å². The van der Waals surface area contributed by atoms with Crippen molar-refractivity contribution in [1.29, 1.82) is 0 Å². The summed E-state index contributed by atoms with van der Waals surface area (Å²) in [5.41, 5.74) is 0.546. The Hall–Kier alpha value is -1.95. The summed E-state index contributed by atoms with van der Waals surface area (Å²) in [7, 11) is 1.81.